The molecule has 2 rings (SSSR count). The van der Waals surface area contributed by atoms with Crippen molar-refractivity contribution >= 4 is 11.6 Å². The monoisotopic (exact) mass is 216 g/mol. The number of nitrogens with zero attached hydrogens (tertiary/aromatic N) is 2. The van der Waals surface area contributed by atoms with Gasteiger partial charge in [-0.1, -0.05) is 35.5 Å². The molecule has 1 aromatic heterocycles. The van der Waals surface area contributed by atoms with Gasteiger partial charge in [0, 0.05) is 12.5 Å². The number of hydrogen-bond acceptors (Lipinski definition) is 5. The molecule has 0 spiro atoms. The van der Waals surface area contributed by atoms with Gasteiger partial charge in [-0.25, -0.2) is 0 Å². The van der Waals surface area contributed by atoms with Gasteiger partial charge in [0.2, 0.25) is 17.5 Å². The Morgan fingerprint density at radius 1 is 1.12 bits per heavy atom. The van der Waals surface area contributed by atoms with E-state index in [1.54, 1.807) is 37.3 Å². The number of hydrogen-bond donors (Lipinski definition) is 0. The number of carbonyl (C=O) groups excluding carboxylic acids is 2. The summed E-state index contributed by atoms with van der Waals surface area (Å²) in [6.07, 6.45) is 0. The quantitative estimate of drug-likeness (QED) is 0.573. The summed E-state index contributed by atoms with van der Waals surface area (Å²) in [6.45, 7) is 1.55. The van der Waals surface area contributed by atoms with Gasteiger partial charge < -0.3 is 4.52 Å². The minimum Gasteiger partial charge on any atom is -0.339 e. The summed E-state index contributed by atoms with van der Waals surface area (Å²) in [6, 6.07) is 8.25. The van der Waals surface area contributed by atoms with Crippen molar-refractivity contribution < 1.29 is 14.1 Å². The number of Topliss-reactive ketones (excluding diaryl/α,β-unsaturated/α-hetero) is 2. The number of rotatable bonds is 3. The molecular formula is C11H8N2O3. The van der Waals surface area contributed by atoms with Crippen LogP contribution in [0.1, 0.15) is 26.9 Å². The number of ketones is 2. The van der Waals surface area contributed by atoms with Crippen LogP contribution in [-0.2, 0) is 0 Å². The highest BCUT2D eigenvalue weighted by Gasteiger charge is 2.22. The van der Waals surface area contributed by atoms with Gasteiger partial charge in [-0.2, -0.15) is 4.98 Å². The zero-order valence-corrected chi connectivity index (χ0v) is 8.51. The summed E-state index contributed by atoms with van der Waals surface area (Å²) in [5.41, 5.74) is 0.315. The minimum absolute atomic E-state index is 0.202. The molecule has 0 amide bonds. The van der Waals surface area contributed by atoms with Crippen molar-refractivity contribution in [2.45, 2.75) is 6.92 Å². The second-order valence-corrected chi connectivity index (χ2v) is 3.16. The maximum Gasteiger partial charge on any atom is 0.274 e. The number of carbonyl (C=O) groups is 2. The van der Waals surface area contributed by atoms with E-state index in [2.05, 4.69) is 14.7 Å². The second kappa shape index (κ2) is 4.06. The van der Waals surface area contributed by atoms with Crippen molar-refractivity contribution in [3.05, 3.63) is 47.6 Å². The highest BCUT2D eigenvalue weighted by atomic mass is 16.5. The maximum atomic E-state index is 11.7. The van der Waals surface area contributed by atoms with Gasteiger partial charge in [0.1, 0.15) is 0 Å². The minimum atomic E-state index is -0.761. The molecule has 0 atom stereocenters. The maximum absolute atomic E-state index is 11.7. The smallest absolute Gasteiger partial charge is 0.274 e. The van der Waals surface area contributed by atoms with E-state index < -0.39 is 11.6 Å². The molecule has 5 heteroatoms. The van der Waals surface area contributed by atoms with Crippen LogP contribution in [0.25, 0.3) is 0 Å². The third-order valence-electron chi connectivity index (χ3n) is 1.97. The van der Waals surface area contributed by atoms with Crippen molar-refractivity contribution in [1.82, 2.24) is 10.1 Å². The SMILES string of the molecule is Cc1nc(C(=O)C(=O)c2ccccc2)no1. The van der Waals surface area contributed by atoms with Crippen LogP contribution >= 0.6 is 0 Å². The summed E-state index contributed by atoms with van der Waals surface area (Å²) in [7, 11) is 0. The van der Waals surface area contributed by atoms with E-state index in [-0.39, 0.29) is 11.7 Å². The molecule has 0 saturated carbocycles. The summed E-state index contributed by atoms with van der Waals surface area (Å²) in [5, 5.41) is 3.41. The fraction of sp³-hybridized carbons (Fsp3) is 0.0909. The predicted octanol–water partition coefficient (Wildman–Crippen LogP) is 1.44. The molecule has 2 aromatic rings. The van der Waals surface area contributed by atoms with E-state index in [0.717, 1.165) is 0 Å². The standard InChI is InChI=1S/C11H8N2O3/c1-7-12-11(13-16-7)10(15)9(14)8-5-3-2-4-6-8/h2-6H,1H3. The van der Waals surface area contributed by atoms with Gasteiger partial charge in [-0.15, -0.1) is 0 Å². The molecule has 80 valence electrons. The van der Waals surface area contributed by atoms with Crippen LogP contribution in [0.15, 0.2) is 34.9 Å². The molecule has 0 fully saturated rings. The van der Waals surface area contributed by atoms with Gasteiger partial charge >= 0.3 is 0 Å². The Labute approximate surface area is 91.1 Å². The Morgan fingerprint density at radius 2 is 1.81 bits per heavy atom. The third-order valence-corrected chi connectivity index (χ3v) is 1.97. The molecule has 5 nitrogen and oxygen atoms in total. The zero-order valence-electron chi connectivity index (χ0n) is 8.51. The molecule has 0 aliphatic heterocycles. The van der Waals surface area contributed by atoms with Crippen molar-refractivity contribution in [3.63, 3.8) is 0 Å². The largest absolute Gasteiger partial charge is 0.339 e. The van der Waals surface area contributed by atoms with Gasteiger partial charge in [0.15, 0.2) is 0 Å². The van der Waals surface area contributed by atoms with Crippen LogP contribution in [0.5, 0.6) is 0 Å². The topological polar surface area (TPSA) is 73.1 Å². The summed E-state index contributed by atoms with van der Waals surface area (Å²) >= 11 is 0. The molecule has 0 saturated heterocycles. The molecule has 0 radical (unpaired) electrons. The van der Waals surface area contributed by atoms with Crippen molar-refractivity contribution in [2.75, 3.05) is 0 Å². The van der Waals surface area contributed by atoms with E-state index in [9.17, 15) is 9.59 Å². The molecule has 1 aromatic carbocycles. The second-order valence-electron chi connectivity index (χ2n) is 3.16. The van der Waals surface area contributed by atoms with Crippen LogP contribution in [0, 0.1) is 6.92 Å². The lowest BCUT2D eigenvalue weighted by Gasteiger charge is -1.95. The number of aryl methyl sites for hydroxylation is 1. The van der Waals surface area contributed by atoms with E-state index in [1.807, 2.05) is 0 Å². The molecule has 0 bridgehead atoms. The Hall–Kier alpha value is -2.30. The van der Waals surface area contributed by atoms with Crippen molar-refractivity contribution in [2.24, 2.45) is 0 Å². The fourth-order valence-corrected chi connectivity index (χ4v) is 1.21. The number of aromatic nitrogens is 2. The van der Waals surface area contributed by atoms with Crippen LogP contribution in [-0.4, -0.2) is 21.7 Å². The first-order valence-electron chi connectivity index (χ1n) is 4.63. The molecule has 1 heterocycles. The van der Waals surface area contributed by atoms with Crippen LogP contribution in [0.2, 0.25) is 0 Å². The molecule has 0 aliphatic rings. The van der Waals surface area contributed by atoms with E-state index in [4.69, 9.17) is 0 Å². The van der Waals surface area contributed by atoms with E-state index in [1.165, 1.54) is 0 Å². The first-order valence-corrected chi connectivity index (χ1v) is 4.63. The lowest BCUT2D eigenvalue weighted by molar-refractivity contribution is 0.0809. The summed E-state index contributed by atoms with van der Waals surface area (Å²) in [4.78, 5) is 27.0. The first-order chi connectivity index (χ1) is 7.68. The first kappa shape index (κ1) is 10.2. The Morgan fingerprint density at radius 3 is 2.38 bits per heavy atom. The lowest BCUT2D eigenvalue weighted by atomic mass is 10.1. The zero-order chi connectivity index (χ0) is 11.5. The Bertz CT molecular complexity index is 531. The Balaban J connectivity index is 2.27. The highest BCUT2D eigenvalue weighted by Crippen LogP contribution is 2.05. The van der Waals surface area contributed by atoms with Gasteiger partial charge in [-0.05, 0) is 0 Å². The van der Waals surface area contributed by atoms with Crippen molar-refractivity contribution in [1.29, 1.82) is 0 Å². The molecule has 0 aliphatic carbocycles. The molecular weight excluding hydrogens is 208 g/mol. The van der Waals surface area contributed by atoms with E-state index in [0.29, 0.717) is 5.56 Å². The van der Waals surface area contributed by atoms with Gasteiger partial charge in [0.25, 0.3) is 5.78 Å². The molecule has 0 N–H and O–H groups in total. The average molecular weight is 216 g/mol. The van der Waals surface area contributed by atoms with Crippen LogP contribution in [0.4, 0.5) is 0 Å². The summed E-state index contributed by atoms with van der Waals surface area (Å²) in [5.74, 6) is -1.35. The van der Waals surface area contributed by atoms with Gasteiger partial charge in [0.05, 0.1) is 0 Å². The molecule has 0 unspecified atom stereocenters. The van der Waals surface area contributed by atoms with Crippen LogP contribution < -0.4 is 0 Å². The normalized spacial score (nSPS) is 10.1. The lowest BCUT2D eigenvalue weighted by Crippen LogP contribution is -2.15. The predicted molar refractivity (Wildman–Crippen MR) is 54.1 cm³/mol. The summed E-state index contributed by atoms with van der Waals surface area (Å²) < 4.78 is 4.64. The van der Waals surface area contributed by atoms with Gasteiger partial charge in [-0.3, -0.25) is 9.59 Å². The van der Waals surface area contributed by atoms with E-state index >= 15 is 0 Å². The average Bonchev–Trinajstić information content (AvgIpc) is 2.75. The number of benzene rings is 1. The fourth-order valence-electron chi connectivity index (χ4n) is 1.21. The van der Waals surface area contributed by atoms with Crippen molar-refractivity contribution in [3.8, 4) is 0 Å². The third kappa shape index (κ3) is 1.88. The van der Waals surface area contributed by atoms with Crippen LogP contribution in [0.3, 0.4) is 0 Å². The molecule has 16 heavy (non-hydrogen) atoms. The Kier molecular flexibility index (Phi) is 2.59. The highest BCUT2D eigenvalue weighted by molar-refractivity contribution is 6.48.